The molecule has 3 aliphatic rings. The average Bonchev–Trinajstić information content (AvgIpc) is 3.51. The standard InChI is InChI=1S/C16H22N5O4P/c1-12(25-26(24,18-7-8-18)19-9-10-19)14-3-4-15(21(22)23)16(11-14)20-6-5-17-13(20)2/h3-4,11-12H,5-10H2,1-2H3. The van der Waals surface area contributed by atoms with Gasteiger partial charge in [0.15, 0.2) is 0 Å². The molecule has 2 fully saturated rings. The molecule has 0 spiro atoms. The van der Waals surface area contributed by atoms with Crippen molar-refractivity contribution < 1.29 is 14.0 Å². The minimum Gasteiger partial charge on any atom is -0.323 e. The van der Waals surface area contributed by atoms with E-state index in [1.165, 1.54) is 6.07 Å². The third-order valence-electron chi connectivity index (χ3n) is 4.87. The maximum atomic E-state index is 13.2. The Morgan fingerprint density at radius 2 is 1.88 bits per heavy atom. The molecule has 26 heavy (non-hydrogen) atoms. The molecule has 0 amide bonds. The van der Waals surface area contributed by atoms with Gasteiger partial charge in [-0.3, -0.25) is 24.2 Å². The van der Waals surface area contributed by atoms with Crippen molar-refractivity contribution in [3.63, 3.8) is 0 Å². The van der Waals surface area contributed by atoms with E-state index in [1.54, 1.807) is 12.1 Å². The third kappa shape index (κ3) is 3.16. The predicted octanol–water partition coefficient (Wildman–Crippen LogP) is 2.65. The first-order chi connectivity index (χ1) is 12.4. The van der Waals surface area contributed by atoms with Crippen molar-refractivity contribution in [3.05, 3.63) is 33.9 Å². The maximum absolute atomic E-state index is 13.2. The van der Waals surface area contributed by atoms with Crippen LogP contribution in [0.1, 0.15) is 25.5 Å². The molecular weight excluding hydrogens is 357 g/mol. The van der Waals surface area contributed by atoms with E-state index in [1.807, 2.05) is 28.1 Å². The summed E-state index contributed by atoms with van der Waals surface area (Å²) >= 11 is 0. The highest BCUT2D eigenvalue weighted by atomic mass is 31.2. The minimum absolute atomic E-state index is 0.0393. The normalized spacial score (nSPS) is 21.6. The topological polar surface area (TPSA) is 91.1 Å². The summed E-state index contributed by atoms with van der Waals surface area (Å²) < 4.78 is 22.9. The Balaban J connectivity index is 1.63. The van der Waals surface area contributed by atoms with Crippen LogP contribution in [0.5, 0.6) is 0 Å². The lowest BCUT2D eigenvalue weighted by atomic mass is 10.1. The average molecular weight is 379 g/mol. The van der Waals surface area contributed by atoms with Crippen LogP contribution in [0.4, 0.5) is 11.4 Å². The predicted molar refractivity (Wildman–Crippen MR) is 98.7 cm³/mol. The summed E-state index contributed by atoms with van der Waals surface area (Å²) in [6, 6.07) is 4.95. The SMILES string of the molecule is CC1=NCCN1c1cc(C(C)OP(=O)(N2CC2)N2CC2)ccc1[N+](=O)[O-]. The van der Waals surface area contributed by atoms with Gasteiger partial charge >= 0.3 is 7.67 Å². The molecule has 4 rings (SSSR count). The van der Waals surface area contributed by atoms with E-state index in [-0.39, 0.29) is 10.6 Å². The van der Waals surface area contributed by atoms with Crippen LogP contribution in [0, 0.1) is 10.1 Å². The van der Waals surface area contributed by atoms with E-state index in [9.17, 15) is 14.7 Å². The van der Waals surface area contributed by atoms with Gasteiger partial charge in [0, 0.05) is 38.8 Å². The molecule has 1 aromatic carbocycles. The van der Waals surface area contributed by atoms with Gasteiger partial charge in [-0.2, -0.15) is 0 Å². The molecule has 0 saturated carbocycles. The Kier molecular flexibility index (Phi) is 4.35. The Labute approximate surface area is 151 Å². The van der Waals surface area contributed by atoms with Crippen LogP contribution in [0.15, 0.2) is 23.2 Å². The van der Waals surface area contributed by atoms with Crippen LogP contribution in [-0.2, 0) is 9.09 Å². The number of rotatable bonds is 7. The molecule has 0 N–H and O–H groups in total. The maximum Gasteiger partial charge on any atom is 0.346 e. The first-order valence-corrected chi connectivity index (χ1v) is 10.3. The molecule has 1 aromatic rings. The van der Waals surface area contributed by atoms with Crippen molar-refractivity contribution in [1.29, 1.82) is 0 Å². The molecule has 0 aliphatic carbocycles. The fraction of sp³-hybridized carbons (Fsp3) is 0.562. The third-order valence-corrected chi connectivity index (χ3v) is 7.69. The molecule has 3 heterocycles. The van der Waals surface area contributed by atoms with Crippen LogP contribution in [0.3, 0.4) is 0 Å². The van der Waals surface area contributed by atoms with Crippen LogP contribution >= 0.6 is 7.67 Å². The van der Waals surface area contributed by atoms with E-state index < -0.39 is 13.8 Å². The summed E-state index contributed by atoms with van der Waals surface area (Å²) in [5, 5.41) is 11.4. The highest BCUT2D eigenvalue weighted by Crippen LogP contribution is 2.63. The summed E-state index contributed by atoms with van der Waals surface area (Å²) in [5.74, 6) is 0.762. The number of hydrogen-bond donors (Lipinski definition) is 0. The van der Waals surface area contributed by atoms with Crippen LogP contribution in [0.2, 0.25) is 0 Å². The molecule has 0 bridgehead atoms. The van der Waals surface area contributed by atoms with Crippen LogP contribution in [-0.4, -0.2) is 59.4 Å². The number of nitro groups is 1. The Morgan fingerprint density at radius 3 is 2.38 bits per heavy atom. The van der Waals surface area contributed by atoms with Crippen LogP contribution in [0.25, 0.3) is 0 Å². The summed E-state index contributed by atoms with van der Waals surface area (Å²) in [5.41, 5.74) is 1.32. The van der Waals surface area contributed by atoms with Crippen molar-refractivity contribution in [1.82, 2.24) is 9.34 Å². The zero-order chi connectivity index (χ0) is 18.5. The van der Waals surface area contributed by atoms with Crippen molar-refractivity contribution >= 4 is 24.9 Å². The fourth-order valence-electron chi connectivity index (χ4n) is 3.19. The molecular formula is C16H22N5O4P. The fourth-order valence-corrected chi connectivity index (χ4v) is 5.54. The van der Waals surface area contributed by atoms with Crippen molar-refractivity contribution in [3.8, 4) is 0 Å². The van der Waals surface area contributed by atoms with Gasteiger partial charge in [-0.1, -0.05) is 0 Å². The monoisotopic (exact) mass is 379 g/mol. The van der Waals surface area contributed by atoms with Gasteiger partial charge in [0.2, 0.25) is 0 Å². The molecule has 10 heteroatoms. The molecule has 9 nitrogen and oxygen atoms in total. The lowest BCUT2D eigenvalue weighted by Gasteiger charge is -2.25. The smallest absolute Gasteiger partial charge is 0.323 e. The summed E-state index contributed by atoms with van der Waals surface area (Å²) in [6.07, 6.45) is -0.429. The van der Waals surface area contributed by atoms with Crippen LogP contribution < -0.4 is 4.90 Å². The zero-order valence-corrected chi connectivity index (χ0v) is 15.8. The second-order valence-electron chi connectivity index (χ2n) is 6.73. The summed E-state index contributed by atoms with van der Waals surface area (Å²) in [6.45, 7) is 8.08. The van der Waals surface area contributed by atoms with Crippen molar-refractivity contribution in [2.45, 2.75) is 20.0 Å². The van der Waals surface area contributed by atoms with E-state index in [2.05, 4.69) is 4.99 Å². The Morgan fingerprint density at radius 1 is 1.23 bits per heavy atom. The number of benzene rings is 1. The Hall–Kier alpha value is -1.80. The molecule has 0 radical (unpaired) electrons. The second-order valence-corrected chi connectivity index (χ2v) is 9.05. The number of aliphatic imine (C=N–C) groups is 1. The summed E-state index contributed by atoms with van der Waals surface area (Å²) in [4.78, 5) is 17.2. The van der Waals surface area contributed by atoms with Gasteiger partial charge in [0.1, 0.15) is 11.5 Å². The van der Waals surface area contributed by atoms with Gasteiger partial charge < -0.3 is 4.90 Å². The largest absolute Gasteiger partial charge is 0.346 e. The highest BCUT2D eigenvalue weighted by Gasteiger charge is 2.50. The number of amidine groups is 1. The molecule has 1 atom stereocenters. The van der Waals surface area contributed by atoms with Gasteiger partial charge in [-0.05, 0) is 31.5 Å². The molecule has 140 valence electrons. The zero-order valence-electron chi connectivity index (χ0n) is 14.9. The molecule has 0 aromatic heterocycles. The van der Waals surface area contributed by atoms with E-state index in [0.29, 0.717) is 18.8 Å². The minimum atomic E-state index is -2.95. The van der Waals surface area contributed by atoms with Gasteiger partial charge in [-0.15, -0.1) is 0 Å². The highest BCUT2D eigenvalue weighted by molar-refractivity contribution is 7.54. The first kappa shape index (κ1) is 17.6. The first-order valence-electron chi connectivity index (χ1n) is 8.76. The quantitative estimate of drug-likeness (QED) is 0.311. The van der Waals surface area contributed by atoms with E-state index in [4.69, 9.17) is 4.52 Å². The van der Waals surface area contributed by atoms with E-state index in [0.717, 1.165) is 37.6 Å². The van der Waals surface area contributed by atoms with Crippen molar-refractivity contribution in [2.24, 2.45) is 4.99 Å². The van der Waals surface area contributed by atoms with Gasteiger partial charge in [0.25, 0.3) is 5.69 Å². The van der Waals surface area contributed by atoms with Crippen molar-refractivity contribution in [2.75, 3.05) is 44.2 Å². The summed E-state index contributed by atoms with van der Waals surface area (Å²) in [7, 11) is -2.95. The second kappa shape index (κ2) is 6.42. The Bertz CT molecular complexity index is 805. The lowest BCUT2D eigenvalue weighted by Crippen LogP contribution is -2.26. The molecule has 2 saturated heterocycles. The molecule has 3 aliphatic heterocycles. The number of nitrogens with zero attached hydrogens (tertiary/aromatic N) is 5. The van der Waals surface area contributed by atoms with Gasteiger partial charge in [-0.25, -0.2) is 9.34 Å². The van der Waals surface area contributed by atoms with Gasteiger partial charge in [0.05, 0.1) is 17.6 Å². The number of hydrogen-bond acceptors (Lipinski definition) is 6. The van der Waals surface area contributed by atoms with E-state index >= 15 is 0 Å². The number of nitro benzene ring substituents is 1. The molecule has 1 unspecified atom stereocenters. The lowest BCUT2D eigenvalue weighted by molar-refractivity contribution is -0.384. The number of anilines is 1.